The molecule has 5 heteroatoms. The van der Waals surface area contributed by atoms with Crippen molar-refractivity contribution in [3.63, 3.8) is 0 Å². The minimum Gasteiger partial charge on any atom is -0.496 e. The third-order valence-corrected chi connectivity index (χ3v) is 4.86. The number of ether oxygens (including phenoxy) is 1. The number of hydrogen-bond acceptors (Lipinski definition) is 5. The molecule has 2 aromatic carbocycles. The Bertz CT molecular complexity index is 812. The molecule has 0 bridgehead atoms. The Labute approximate surface area is 154 Å². The van der Waals surface area contributed by atoms with E-state index in [-0.39, 0.29) is 6.04 Å². The predicted molar refractivity (Wildman–Crippen MR) is 101 cm³/mol. The van der Waals surface area contributed by atoms with Crippen LogP contribution in [0.4, 0.5) is 5.69 Å². The molecule has 1 unspecified atom stereocenters. The van der Waals surface area contributed by atoms with Crippen molar-refractivity contribution in [1.82, 2.24) is 4.90 Å². The van der Waals surface area contributed by atoms with Crippen LogP contribution in [0.15, 0.2) is 42.5 Å². The number of nitrogens with one attached hydrogen (secondary N) is 1. The maximum absolute atomic E-state index is 9.38. The van der Waals surface area contributed by atoms with Crippen molar-refractivity contribution in [2.75, 3.05) is 32.1 Å². The van der Waals surface area contributed by atoms with Gasteiger partial charge < -0.3 is 10.1 Å². The molecule has 1 heterocycles. The predicted octanol–water partition coefficient (Wildman–Crippen LogP) is 3.69. The van der Waals surface area contributed by atoms with E-state index < -0.39 is 0 Å². The molecule has 0 radical (unpaired) electrons. The molecule has 1 N–H and O–H groups in total. The lowest BCUT2D eigenvalue weighted by Crippen LogP contribution is -2.31. The van der Waals surface area contributed by atoms with Crippen molar-refractivity contribution in [3.8, 4) is 17.9 Å². The van der Waals surface area contributed by atoms with E-state index in [0.717, 1.165) is 24.4 Å². The second-order valence-corrected chi connectivity index (χ2v) is 6.33. The zero-order chi connectivity index (χ0) is 18.4. The fourth-order valence-electron chi connectivity index (χ4n) is 3.56. The number of anilines is 1. The van der Waals surface area contributed by atoms with E-state index in [9.17, 15) is 10.5 Å². The van der Waals surface area contributed by atoms with E-state index in [4.69, 9.17) is 4.74 Å². The van der Waals surface area contributed by atoms with Gasteiger partial charge in [0.05, 0.1) is 30.0 Å². The van der Waals surface area contributed by atoms with Crippen LogP contribution in [-0.2, 0) is 0 Å². The van der Waals surface area contributed by atoms with Crippen molar-refractivity contribution < 1.29 is 4.74 Å². The summed E-state index contributed by atoms with van der Waals surface area (Å²) in [7, 11) is 1.69. The van der Waals surface area contributed by atoms with Crippen LogP contribution in [0.1, 0.15) is 35.6 Å². The molecule has 0 aliphatic carbocycles. The van der Waals surface area contributed by atoms with Crippen LogP contribution in [0.25, 0.3) is 0 Å². The standard InChI is InChI=1S/C21H22N4O/c1-26-20-10-3-2-9-18(20)19(25-11-4-5-12-25)15-24-21-16(13-22)7-6-8-17(21)14-23/h2-3,6-10,19,24H,4-5,11-12,15H2,1H3. The van der Waals surface area contributed by atoms with Crippen LogP contribution in [-0.4, -0.2) is 31.6 Å². The van der Waals surface area contributed by atoms with Gasteiger partial charge in [-0.1, -0.05) is 24.3 Å². The topological polar surface area (TPSA) is 72.1 Å². The number of hydrogen-bond donors (Lipinski definition) is 1. The highest BCUT2D eigenvalue weighted by atomic mass is 16.5. The first kappa shape index (κ1) is 17.8. The second-order valence-electron chi connectivity index (χ2n) is 6.33. The van der Waals surface area contributed by atoms with Gasteiger partial charge in [0, 0.05) is 12.1 Å². The fourth-order valence-corrected chi connectivity index (χ4v) is 3.56. The average Bonchev–Trinajstić information content (AvgIpc) is 3.22. The summed E-state index contributed by atoms with van der Waals surface area (Å²) in [4.78, 5) is 2.44. The zero-order valence-electron chi connectivity index (χ0n) is 14.9. The monoisotopic (exact) mass is 346 g/mol. The van der Waals surface area contributed by atoms with Crippen LogP contribution in [0.3, 0.4) is 0 Å². The largest absolute Gasteiger partial charge is 0.496 e. The molecular formula is C21H22N4O. The van der Waals surface area contributed by atoms with Crippen LogP contribution in [0.2, 0.25) is 0 Å². The number of benzene rings is 2. The first-order valence-electron chi connectivity index (χ1n) is 8.82. The van der Waals surface area contributed by atoms with Gasteiger partial charge in [-0.3, -0.25) is 4.90 Å². The van der Waals surface area contributed by atoms with Gasteiger partial charge in [0.2, 0.25) is 0 Å². The average molecular weight is 346 g/mol. The smallest absolute Gasteiger partial charge is 0.123 e. The Morgan fingerprint density at radius 3 is 2.31 bits per heavy atom. The lowest BCUT2D eigenvalue weighted by molar-refractivity contribution is 0.249. The van der Waals surface area contributed by atoms with Gasteiger partial charge in [-0.25, -0.2) is 0 Å². The lowest BCUT2D eigenvalue weighted by atomic mass is 10.0. The van der Waals surface area contributed by atoms with Gasteiger partial charge in [-0.15, -0.1) is 0 Å². The Morgan fingerprint density at radius 1 is 1.04 bits per heavy atom. The van der Waals surface area contributed by atoms with Gasteiger partial charge in [0.1, 0.15) is 17.9 Å². The summed E-state index contributed by atoms with van der Waals surface area (Å²) in [5, 5.41) is 22.1. The third-order valence-electron chi connectivity index (χ3n) is 4.86. The number of para-hydroxylation sites is 2. The van der Waals surface area contributed by atoms with E-state index in [0.29, 0.717) is 23.4 Å². The van der Waals surface area contributed by atoms with Gasteiger partial charge in [0.25, 0.3) is 0 Å². The Kier molecular flexibility index (Phi) is 5.73. The molecule has 3 rings (SSSR count). The molecule has 0 amide bonds. The SMILES string of the molecule is COc1ccccc1C(CNc1c(C#N)cccc1C#N)N1CCCC1. The van der Waals surface area contributed by atoms with Crippen molar-refractivity contribution >= 4 is 5.69 Å². The Morgan fingerprint density at radius 2 is 1.69 bits per heavy atom. The maximum atomic E-state index is 9.38. The van der Waals surface area contributed by atoms with Crippen molar-refractivity contribution in [1.29, 1.82) is 10.5 Å². The molecular weight excluding hydrogens is 324 g/mol. The molecule has 1 aliphatic heterocycles. The number of nitriles is 2. The van der Waals surface area contributed by atoms with Crippen LogP contribution < -0.4 is 10.1 Å². The molecule has 26 heavy (non-hydrogen) atoms. The Balaban J connectivity index is 1.91. The first-order chi connectivity index (χ1) is 12.8. The number of methoxy groups -OCH3 is 1. The van der Waals surface area contributed by atoms with Gasteiger partial charge in [0.15, 0.2) is 0 Å². The molecule has 1 aliphatic rings. The summed E-state index contributed by atoms with van der Waals surface area (Å²) in [6.07, 6.45) is 2.37. The summed E-state index contributed by atoms with van der Waals surface area (Å²) in [6.45, 7) is 2.68. The number of likely N-dealkylation sites (tertiary alicyclic amines) is 1. The van der Waals surface area contributed by atoms with Gasteiger partial charge in [-0.05, 0) is 44.1 Å². The van der Waals surface area contributed by atoms with Crippen molar-refractivity contribution in [2.24, 2.45) is 0 Å². The lowest BCUT2D eigenvalue weighted by Gasteiger charge is -2.30. The number of nitrogens with zero attached hydrogens (tertiary/aromatic N) is 3. The summed E-state index contributed by atoms with van der Waals surface area (Å²) in [5.74, 6) is 0.861. The Hall–Kier alpha value is -3.02. The van der Waals surface area contributed by atoms with E-state index in [1.807, 2.05) is 18.2 Å². The minimum atomic E-state index is 0.118. The normalized spacial score (nSPS) is 15.0. The molecule has 5 nitrogen and oxygen atoms in total. The molecule has 0 spiro atoms. The van der Waals surface area contributed by atoms with Gasteiger partial charge in [-0.2, -0.15) is 10.5 Å². The molecule has 2 aromatic rings. The zero-order valence-corrected chi connectivity index (χ0v) is 14.9. The number of rotatable bonds is 6. The van der Waals surface area contributed by atoms with Gasteiger partial charge >= 0.3 is 0 Å². The summed E-state index contributed by atoms with van der Waals surface area (Å²) in [5.41, 5.74) is 2.71. The van der Waals surface area contributed by atoms with Crippen molar-refractivity contribution in [3.05, 3.63) is 59.2 Å². The molecule has 0 aromatic heterocycles. The van der Waals surface area contributed by atoms with Crippen LogP contribution >= 0.6 is 0 Å². The quantitative estimate of drug-likeness (QED) is 0.864. The summed E-state index contributed by atoms with van der Waals surface area (Å²) in [6, 6.07) is 17.7. The van der Waals surface area contributed by atoms with Crippen LogP contribution in [0, 0.1) is 22.7 Å². The third kappa shape index (κ3) is 3.64. The van der Waals surface area contributed by atoms with E-state index in [2.05, 4.69) is 28.4 Å². The summed E-state index contributed by atoms with van der Waals surface area (Å²) < 4.78 is 5.57. The molecule has 0 saturated carbocycles. The van der Waals surface area contributed by atoms with Crippen molar-refractivity contribution in [2.45, 2.75) is 18.9 Å². The molecule has 1 saturated heterocycles. The highest BCUT2D eigenvalue weighted by molar-refractivity contribution is 5.66. The molecule has 1 fully saturated rings. The second kappa shape index (κ2) is 8.38. The van der Waals surface area contributed by atoms with Crippen LogP contribution in [0.5, 0.6) is 5.75 Å². The summed E-state index contributed by atoms with van der Waals surface area (Å²) >= 11 is 0. The molecule has 1 atom stereocenters. The molecule has 132 valence electrons. The minimum absolute atomic E-state index is 0.118. The first-order valence-corrected chi connectivity index (χ1v) is 8.82. The van der Waals surface area contributed by atoms with E-state index in [1.165, 1.54) is 12.8 Å². The maximum Gasteiger partial charge on any atom is 0.123 e. The van der Waals surface area contributed by atoms with E-state index >= 15 is 0 Å². The highest BCUT2D eigenvalue weighted by Gasteiger charge is 2.26. The highest BCUT2D eigenvalue weighted by Crippen LogP contribution is 2.32. The van der Waals surface area contributed by atoms with E-state index in [1.54, 1.807) is 25.3 Å². The fraction of sp³-hybridized carbons (Fsp3) is 0.333.